The minimum absolute atomic E-state index is 0.142. The summed E-state index contributed by atoms with van der Waals surface area (Å²) in [4.78, 5) is 0. The number of hydrogen-bond acceptors (Lipinski definition) is 2. The maximum Gasteiger partial charge on any atom is 0.129 e. The van der Waals surface area contributed by atoms with Crippen molar-refractivity contribution in [2.75, 3.05) is 5.73 Å². The summed E-state index contributed by atoms with van der Waals surface area (Å²) in [7, 11) is 1.80. The fourth-order valence-electron chi connectivity index (χ4n) is 1.99. The first-order chi connectivity index (χ1) is 8.30. The van der Waals surface area contributed by atoms with Crippen molar-refractivity contribution in [3.8, 4) is 11.1 Å². The molecule has 2 aromatic rings. The third kappa shape index (κ3) is 2.10. The van der Waals surface area contributed by atoms with Crippen LogP contribution in [0.25, 0.3) is 11.1 Å². The van der Waals surface area contributed by atoms with Crippen molar-refractivity contribution in [1.29, 1.82) is 0 Å². The topological polar surface area (TPSA) is 43.8 Å². The Morgan fingerprint density at radius 3 is 2.50 bits per heavy atom. The van der Waals surface area contributed by atoms with Gasteiger partial charge in [-0.05, 0) is 17.7 Å². The van der Waals surface area contributed by atoms with Crippen LogP contribution in [0, 0.1) is 5.82 Å². The molecule has 3 nitrogen and oxygen atoms in total. The van der Waals surface area contributed by atoms with Crippen LogP contribution in [0.15, 0.2) is 24.3 Å². The van der Waals surface area contributed by atoms with Crippen molar-refractivity contribution in [2.45, 2.75) is 26.2 Å². The van der Waals surface area contributed by atoms with E-state index in [1.165, 1.54) is 12.1 Å². The quantitative estimate of drug-likeness (QED) is 0.841. The number of nitrogens with zero attached hydrogens (tertiary/aromatic N) is 2. The molecule has 1 heterocycles. The molecule has 0 spiro atoms. The molecule has 0 aliphatic heterocycles. The van der Waals surface area contributed by atoms with Crippen molar-refractivity contribution in [3.05, 3.63) is 35.8 Å². The molecule has 18 heavy (non-hydrogen) atoms. The molecule has 0 bridgehead atoms. The van der Waals surface area contributed by atoms with Crippen LogP contribution in [-0.4, -0.2) is 9.78 Å². The van der Waals surface area contributed by atoms with Gasteiger partial charge in [-0.2, -0.15) is 5.10 Å². The van der Waals surface area contributed by atoms with Gasteiger partial charge in [-0.15, -0.1) is 0 Å². The van der Waals surface area contributed by atoms with E-state index in [9.17, 15) is 4.39 Å². The molecule has 0 fully saturated rings. The Bertz CT molecular complexity index is 579. The van der Waals surface area contributed by atoms with Gasteiger partial charge in [0.05, 0.1) is 5.69 Å². The number of rotatable bonds is 1. The molecule has 0 amide bonds. The van der Waals surface area contributed by atoms with Gasteiger partial charge in [0.15, 0.2) is 0 Å². The molecule has 0 unspecified atom stereocenters. The molecular formula is C14H18FN3. The molecular weight excluding hydrogens is 229 g/mol. The zero-order valence-electron chi connectivity index (χ0n) is 11.2. The maximum absolute atomic E-state index is 13.4. The van der Waals surface area contributed by atoms with E-state index in [4.69, 9.17) is 5.73 Å². The van der Waals surface area contributed by atoms with Gasteiger partial charge in [0.2, 0.25) is 0 Å². The fraction of sp³-hybridized carbons (Fsp3) is 0.357. The summed E-state index contributed by atoms with van der Waals surface area (Å²) in [6, 6.07) is 6.45. The van der Waals surface area contributed by atoms with Crippen LogP contribution in [0.2, 0.25) is 0 Å². The number of anilines is 1. The minimum atomic E-state index is -0.268. The summed E-state index contributed by atoms with van der Waals surface area (Å²) >= 11 is 0. The SMILES string of the molecule is Cn1nc(C(C)(C)C)c(-c2cccc(F)c2)c1N. The molecule has 0 saturated carbocycles. The number of halogens is 1. The van der Waals surface area contributed by atoms with E-state index in [-0.39, 0.29) is 11.2 Å². The van der Waals surface area contributed by atoms with Crippen molar-refractivity contribution < 1.29 is 4.39 Å². The molecule has 0 aliphatic carbocycles. The number of nitrogens with two attached hydrogens (primary N) is 1. The summed E-state index contributed by atoms with van der Waals surface area (Å²) in [6.45, 7) is 6.20. The Kier molecular flexibility index (Phi) is 2.89. The van der Waals surface area contributed by atoms with Gasteiger partial charge in [0.1, 0.15) is 11.6 Å². The molecule has 2 rings (SSSR count). The van der Waals surface area contributed by atoms with Gasteiger partial charge in [0.25, 0.3) is 0 Å². The lowest BCUT2D eigenvalue weighted by molar-refractivity contribution is 0.554. The lowest BCUT2D eigenvalue weighted by atomic mass is 9.87. The Labute approximate surface area is 106 Å². The van der Waals surface area contributed by atoms with Crippen molar-refractivity contribution in [1.82, 2.24) is 9.78 Å². The lowest BCUT2D eigenvalue weighted by Gasteiger charge is -2.17. The highest BCUT2D eigenvalue weighted by Crippen LogP contribution is 2.36. The molecule has 4 heteroatoms. The normalized spacial score (nSPS) is 11.8. The first-order valence-corrected chi connectivity index (χ1v) is 5.89. The fourth-order valence-corrected chi connectivity index (χ4v) is 1.99. The van der Waals surface area contributed by atoms with Gasteiger partial charge in [-0.25, -0.2) is 4.39 Å². The number of nitrogen functional groups attached to an aromatic ring is 1. The van der Waals surface area contributed by atoms with Crippen molar-refractivity contribution in [3.63, 3.8) is 0 Å². The van der Waals surface area contributed by atoms with Crippen molar-refractivity contribution >= 4 is 5.82 Å². The van der Waals surface area contributed by atoms with Crippen LogP contribution < -0.4 is 5.73 Å². The highest BCUT2D eigenvalue weighted by Gasteiger charge is 2.25. The molecule has 0 aliphatic rings. The average Bonchev–Trinajstić information content (AvgIpc) is 2.55. The lowest BCUT2D eigenvalue weighted by Crippen LogP contribution is -2.13. The second-order valence-electron chi connectivity index (χ2n) is 5.49. The van der Waals surface area contributed by atoms with Crippen LogP contribution in [0.3, 0.4) is 0 Å². The summed E-state index contributed by atoms with van der Waals surface area (Å²) in [6.07, 6.45) is 0. The van der Waals surface area contributed by atoms with Crippen LogP contribution in [0.4, 0.5) is 10.2 Å². The van der Waals surface area contributed by atoms with Crippen LogP contribution in [-0.2, 0) is 12.5 Å². The Hall–Kier alpha value is -1.84. The highest BCUT2D eigenvalue weighted by molar-refractivity contribution is 5.77. The third-order valence-corrected chi connectivity index (χ3v) is 2.92. The Morgan fingerprint density at radius 2 is 1.94 bits per heavy atom. The number of aryl methyl sites for hydroxylation is 1. The summed E-state index contributed by atoms with van der Waals surface area (Å²) in [5.41, 5.74) is 8.39. The number of aromatic nitrogens is 2. The van der Waals surface area contributed by atoms with E-state index in [1.54, 1.807) is 17.8 Å². The van der Waals surface area contributed by atoms with Crippen molar-refractivity contribution in [2.24, 2.45) is 7.05 Å². The summed E-state index contributed by atoms with van der Waals surface area (Å²) < 4.78 is 15.0. The monoisotopic (exact) mass is 247 g/mol. The van der Waals surface area contributed by atoms with E-state index in [2.05, 4.69) is 25.9 Å². The Morgan fingerprint density at radius 1 is 1.28 bits per heavy atom. The van der Waals surface area contributed by atoms with E-state index >= 15 is 0 Å². The third-order valence-electron chi connectivity index (χ3n) is 2.92. The predicted octanol–water partition coefficient (Wildman–Crippen LogP) is 3.11. The van der Waals surface area contributed by atoms with E-state index in [1.807, 2.05) is 6.07 Å². The molecule has 96 valence electrons. The predicted molar refractivity (Wildman–Crippen MR) is 71.7 cm³/mol. The van der Waals surface area contributed by atoms with Gasteiger partial charge in [-0.1, -0.05) is 32.9 Å². The standard InChI is InChI=1S/C14H18FN3/c1-14(2,3)12-11(13(16)18(4)17-12)9-6-5-7-10(15)8-9/h5-8H,16H2,1-4H3. The molecule has 1 aromatic carbocycles. The van der Waals surface area contributed by atoms with Crippen LogP contribution >= 0.6 is 0 Å². The van der Waals surface area contributed by atoms with Gasteiger partial charge in [-0.3, -0.25) is 4.68 Å². The first-order valence-electron chi connectivity index (χ1n) is 5.89. The first kappa shape index (κ1) is 12.6. The zero-order chi connectivity index (χ0) is 13.5. The molecule has 2 N–H and O–H groups in total. The number of hydrogen-bond donors (Lipinski definition) is 1. The van der Waals surface area contributed by atoms with E-state index < -0.39 is 0 Å². The number of benzene rings is 1. The average molecular weight is 247 g/mol. The second kappa shape index (κ2) is 4.12. The molecule has 0 atom stereocenters. The van der Waals surface area contributed by atoms with Gasteiger partial charge < -0.3 is 5.73 Å². The zero-order valence-corrected chi connectivity index (χ0v) is 11.2. The van der Waals surface area contributed by atoms with E-state index in [0.717, 1.165) is 16.8 Å². The summed E-state index contributed by atoms with van der Waals surface area (Å²) in [5, 5.41) is 4.46. The van der Waals surface area contributed by atoms with Crippen LogP contribution in [0.5, 0.6) is 0 Å². The maximum atomic E-state index is 13.4. The van der Waals surface area contributed by atoms with Gasteiger partial charge in [0, 0.05) is 18.0 Å². The van der Waals surface area contributed by atoms with Crippen LogP contribution in [0.1, 0.15) is 26.5 Å². The molecule has 1 aromatic heterocycles. The van der Waals surface area contributed by atoms with Gasteiger partial charge >= 0.3 is 0 Å². The van der Waals surface area contributed by atoms with E-state index in [0.29, 0.717) is 5.82 Å². The largest absolute Gasteiger partial charge is 0.383 e. The Balaban J connectivity index is 2.70. The smallest absolute Gasteiger partial charge is 0.129 e. The highest BCUT2D eigenvalue weighted by atomic mass is 19.1. The second-order valence-corrected chi connectivity index (χ2v) is 5.49. The summed E-state index contributed by atoms with van der Waals surface area (Å²) in [5.74, 6) is 0.293. The minimum Gasteiger partial charge on any atom is -0.383 e. The molecule has 0 saturated heterocycles. The molecule has 0 radical (unpaired) electrons.